The van der Waals surface area contributed by atoms with Crippen LogP contribution in [0.15, 0.2) is 18.2 Å². The van der Waals surface area contributed by atoms with Crippen molar-refractivity contribution in [2.75, 3.05) is 13.2 Å². The molecule has 0 fully saturated rings. The van der Waals surface area contributed by atoms with Gasteiger partial charge in [0.25, 0.3) is 0 Å². The van der Waals surface area contributed by atoms with Crippen molar-refractivity contribution >= 4 is 21.6 Å². The molecular weight excluding hydrogens is 244 g/mol. The van der Waals surface area contributed by atoms with Crippen molar-refractivity contribution in [1.82, 2.24) is 4.98 Å². The molecule has 2 rings (SSSR count). The number of aryl methyl sites for hydroxylation is 1. The molecular formula is C14H20N2OS. The van der Waals surface area contributed by atoms with Gasteiger partial charge in [-0.3, -0.25) is 0 Å². The summed E-state index contributed by atoms with van der Waals surface area (Å²) < 4.78 is 7.02. The maximum Gasteiger partial charge on any atom is 0.146 e. The quantitative estimate of drug-likeness (QED) is 0.780. The predicted octanol–water partition coefficient (Wildman–Crippen LogP) is 3.37. The van der Waals surface area contributed by atoms with Crippen LogP contribution in [0.2, 0.25) is 0 Å². The first-order chi connectivity index (χ1) is 8.85. The Hall–Kier alpha value is -1.13. The van der Waals surface area contributed by atoms with Crippen molar-refractivity contribution in [3.63, 3.8) is 0 Å². The molecule has 0 bridgehead atoms. The fourth-order valence-corrected chi connectivity index (χ4v) is 2.92. The van der Waals surface area contributed by atoms with Crippen molar-refractivity contribution in [3.05, 3.63) is 23.2 Å². The van der Waals surface area contributed by atoms with Crippen LogP contribution in [0.3, 0.4) is 0 Å². The zero-order chi connectivity index (χ0) is 12.8. The molecule has 0 aliphatic heterocycles. The van der Waals surface area contributed by atoms with Crippen LogP contribution in [-0.2, 0) is 6.42 Å². The van der Waals surface area contributed by atoms with Gasteiger partial charge in [-0.2, -0.15) is 0 Å². The SMILES string of the molecule is CCCc1nc2c(OCCCCN)cccc2s1. The smallest absolute Gasteiger partial charge is 0.146 e. The first kappa shape index (κ1) is 13.3. The van der Waals surface area contributed by atoms with Gasteiger partial charge in [0, 0.05) is 0 Å². The number of nitrogens with zero attached hydrogens (tertiary/aromatic N) is 1. The van der Waals surface area contributed by atoms with Gasteiger partial charge < -0.3 is 10.5 Å². The van der Waals surface area contributed by atoms with Crippen molar-refractivity contribution < 1.29 is 4.74 Å². The molecule has 1 aromatic heterocycles. The molecule has 0 aliphatic carbocycles. The average molecular weight is 264 g/mol. The van der Waals surface area contributed by atoms with E-state index < -0.39 is 0 Å². The molecule has 98 valence electrons. The van der Waals surface area contributed by atoms with Crippen LogP contribution in [0.5, 0.6) is 5.75 Å². The molecule has 1 heterocycles. The lowest BCUT2D eigenvalue weighted by atomic mass is 10.3. The van der Waals surface area contributed by atoms with Crippen LogP contribution >= 0.6 is 11.3 Å². The van der Waals surface area contributed by atoms with Crippen LogP contribution < -0.4 is 10.5 Å². The van der Waals surface area contributed by atoms with Gasteiger partial charge in [-0.25, -0.2) is 4.98 Å². The van der Waals surface area contributed by atoms with E-state index in [4.69, 9.17) is 10.5 Å². The first-order valence-electron chi connectivity index (χ1n) is 6.56. The monoisotopic (exact) mass is 264 g/mol. The first-order valence-corrected chi connectivity index (χ1v) is 7.38. The zero-order valence-corrected chi connectivity index (χ0v) is 11.6. The predicted molar refractivity (Wildman–Crippen MR) is 77.4 cm³/mol. The van der Waals surface area contributed by atoms with E-state index >= 15 is 0 Å². The van der Waals surface area contributed by atoms with Crippen molar-refractivity contribution in [1.29, 1.82) is 0 Å². The number of hydrogen-bond acceptors (Lipinski definition) is 4. The second-order valence-corrected chi connectivity index (χ2v) is 5.42. The molecule has 3 nitrogen and oxygen atoms in total. The van der Waals surface area contributed by atoms with Crippen LogP contribution in [0.25, 0.3) is 10.2 Å². The Labute approximate surface area is 112 Å². The number of ether oxygens (including phenoxy) is 1. The highest BCUT2D eigenvalue weighted by Crippen LogP contribution is 2.30. The Morgan fingerprint density at radius 1 is 1.33 bits per heavy atom. The Bertz CT molecular complexity index is 495. The standard InChI is InChI=1S/C14H20N2OS/c1-2-6-13-16-14-11(17-10-4-3-9-15)7-5-8-12(14)18-13/h5,7-8H,2-4,6,9-10,15H2,1H3. The largest absolute Gasteiger partial charge is 0.491 e. The Kier molecular flexibility index (Phi) is 4.96. The Balaban J connectivity index is 2.11. The summed E-state index contributed by atoms with van der Waals surface area (Å²) in [4.78, 5) is 4.67. The van der Waals surface area contributed by atoms with E-state index in [-0.39, 0.29) is 0 Å². The van der Waals surface area contributed by atoms with Gasteiger partial charge in [-0.1, -0.05) is 13.0 Å². The number of para-hydroxylation sites is 1. The van der Waals surface area contributed by atoms with Gasteiger partial charge >= 0.3 is 0 Å². The maximum atomic E-state index is 5.80. The highest BCUT2D eigenvalue weighted by Gasteiger charge is 2.08. The summed E-state index contributed by atoms with van der Waals surface area (Å²) in [6.45, 7) is 3.62. The van der Waals surface area contributed by atoms with E-state index in [1.165, 1.54) is 9.71 Å². The number of thiazole rings is 1. The Morgan fingerprint density at radius 3 is 3.00 bits per heavy atom. The summed E-state index contributed by atoms with van der Waals surface area (Å²) in [5.41, 5.74) is 6.48. The third kappa shape index (κ3) is 3.21. The van der Waals surface area contributed by atoms with E-state index in [2.05, 4.69) is 18.0 Å². The molecule has 2 aromatic rings. The number of hydrogen-bond donors (Lipinski definition) is 1. The minimum absolute atomic E-state index is 0.719. The number of aromatic nitrogens is 1. The number of unbranched alkanes of at least 4 members (excludes halogenated alkanes) is 1. The Morgan fingerprint density at radius 2 is 2.22 bits per heavy atom. The molecule has 0 saturated heterocycles. The molecule has 0 spiro atoms. The molecule has 0 saturated carbocycles. The number of rotatable bonds is 7. The van der Waals surface area contributed by atoms with Crippen LogP contribution in [0, 0.1) is 0 Å². The topological polar surface area (TPSA) is 48.1 Å². The molecule has 18 heavy (non-hydrogen) atoms. The lowest BCUT2D eigenvalue weighted by Gasteiger charge is -2.05. The summed E-state index contributed by atoms with van der Waals surface area (Å²) in [7, 11) is 0. The number of nitrogens with two attached hydrogens (primary N) is 1. The maximum absolute atomic E-state index is 5.80. The second-order valence-electron chi connectivity index (χ2n) is 4.30. The normalized spacial score (nSPS) is 11.0. The van der Waals surface area contributed by atoms with Gasteiger partial charge in [-0.05, 0) is 44.4 Å². The lowest BCUT2D eigenvalue weighted by molar-refractivity contribution is 0.311. The molecule has 0 amide bonds. The molecule has 0 aliphatic rings. The van der Waals surface area contributed by atoms with Gasteiger partial charge in [0.2, 0.25) is 0 Å². The van der Waals surface area contributed by atoms with Crippen molar-refractivity contribution in [2.24, 2.45) is 5.73 Å². The van der Waals surface area contributed by atoms with Gasteiger partial charge in [0.1, 0.15) is 11.3 Å². The number of fused-ring (bicyclic) bond motifs is 1. The summed E-state index contributed by atoms with van der Waals surface area (Å²) in [5, 5.41) is 1.20. The fourth-order valence-electron chi connectivity index (χ4n) is 1.83. The van der Waals surface area contributed by atoms with Crippen LogP contribution in [-0.4, -0.2) is 18.1 Å². The summed E-state index contributed by atoms with van der Waals surface area (Å²) >= 11 is 1.77. The third-order valence-corrected chi connectivity index (χ3v) is 3.83. The molecule has 1 aromatic carbocycles. The number of benzene rings is 1. The van der Waals surface area contributed by atoms with Gasteiger partial charge in [0.15, 0.2) is 0 Å². The van der Waals surface area contributed by atoms with Gasteiger partial charge in [0.05, 0.1) is 16.3 Å². The molecule has 0 unspecified atom stereocenters. The lowest BCUT2D eigenvalue weighted by Crippen LogP contribution is -2.03. The second kappa shape index (κ2) is 6.71. The van der Waals surface area contributed by atoms with Gasteiger partial charge in [-0.15, -0.1) is 11.3 Å². The average Bonchev–Trinajstić information content (AvgIpc) is 2.78. The molecule has 0 atom stereocenters. The highest BCUT2D eigenvalue weighted by atomic mass is 32.1. The minimum atomic E-state index is 0.719. The fraction of sp³-hybridized carbons (Fsp3) is 0.500. The molecule has 0 radical (unpaired) electrons. The van der Waals surface area contributed by atoms with E-state index in [0.29, 0.717) is 0 Å². The van der Waals surface area contributed by atoms with Crippen molar-refractivity contribution in [2.45, 2.75) is 32.6 Å². The zero-order valence-electron chi connectivity index (χ0n) is 10.8. The summed E-state index contributed by atoms with van der Waals surface area (Å²) in [6, 6.07) is 6.15. The van der Waals surface area contributed by atoms with Crippen molar-refractivity contribution in [3.8, 4) is 5.75 Å². The van der Waals surface area contributed by atoms with Crippen LogP contribution in [0.1, 0.15) is 31.2 Å². The van der Waals surface area contributed by atoms with E-state index in [1.807, 2.05) is 12.1 Å². The van der Waals surface area contributed by atoms with Crippen LogP contribution in [0.4, 0.5) is 0 Å². The van der Waals surface area contributed by atoms with E-state index in [0.717, 1.165) is 50.1 Å². The molecule has 2 N–H and O–H groups in total. The van der Waals surface area contributed by atoms with E-state index in [1.54, 1.807) is 11.3 Å². The van der Waals surface area contributed by atoms with E-state index in [9.17, 15) is 0 Å². The molecule has 4 heteroatoms. The third-order valence-electron chi connectivity index (χ3n) is 2.75. The minimum Gasteiger partial charge on any atom is -0.491 e. The summed E-state index contributed by atoms with van der Waals surface area (Å²) in [6.07, 6.45) is 4.19. The summed E-state index contributed by atoms with van der Waals surface area (Å²) in [5.74, 6) is 0.906. The highest BCUT2D eigenvalue weighted by molar-refractivity contribution is 7.18.